The minimum absolute atomic E-state index is 0.00888. The molecule has 0 atom stereocenters. The monoisotopic (exact) mass is 369 g/mol. The molecule has 1 amide bonds. The molecule has 0 saturated carbocycles. The van der Waals surface area contributed by atoms with Gasteiger partial charge in [-0.1, -0.05) is 25.1 Å². The number of ether oxygens (including phenoxy) is 1. The topological polar surface area (TPSA) is 88.2 Å². The minimum atomic E-state index is -5.11. The number of anilines is 1. The number of amidine groups is 1. The number of hydrogen-bond acceptors (Lipinski definition) is 3. The van der Waals surface area contributed by atoms with Gasteiger partial charge in [0, 0.05) is 23.1 Å². The van der Waals surface area contributed by atoms with Crippen LogP contribution < -0.4 is 15.8 Å². The second kappa shape index (κ2) is 7.42. The number of alkyl halides is 3. The summed E-state index contributed by atoms with van der Waals surface area (Å²) in [6.07, 6.45) is -5.10. The van der Waals surface area contributed by atoms with Gasteiger partial charge in [0.15, 0.2) is 5.75 Å². The molecule has 5 nitrogen and oxygen atoms in total. The van der Waals surface area contributed by atoms with Gasteiger partial charge in [0.25, 0.3) is 0 Å². The van der Waals surface area contributed by atoms with E-state index in [2.05, 4.69) is 10.1 Å². The van der Waals surface area contributed by atoms with Gasteiger partial charge in [0.2, 0.25) is 5.91 Å². The number of hydrogen-bond donors (Lipinski definition) is 3. The maximum Gasteiger partial charge on any atom is 0.573 e. The maximum absolute atomic E-state index is 14.3. The number of rotatable bonds is 5. The first-order valence-corrected chi connectivity index (χ1v) is 7.46. The molecule has 0 spiro atoms. The van der Waals surface area contributed by atoms with Crippen LogP contribution in [0, 0.1) is 11.2 Å². The van der Waals surface area contributed by atoms with Gasteiger partial charge in [0.1, 0.15) is 11.7 Å². The molecule has 0 aliphatic rings. The van der Waals surface area contributed by atoms with Crippen molar-refractivity contribution >= 4 is 17.4 Å². The molecule has 0 aliphatic carbocycles. The molecule has 2 aromatic carbocycles. The average Bonchev–Trinajstić information content (AvgIpc) is 2.55. The van der Waals surface area contributed by atoms with E-state index in [1.165, 1.54) is 31.2 Å². The Hall–Kier alpha value is -3.10. The summed E-state index contributed by atoms with van der Waals surface area (Å²) in [5.41, 5.74) is 4.36. The van der Waals surface area contributed by atoms with Crippen LogP contribution in [0.1, 0.15) is 18.9 Å². The summed E-state index contributed by atoms with van der Waals surface area (Å²) in [7, 11) is 0. The van der Waals surface area contributed by atoms with Crippen molar-refractivity contribution in [3.05, 3.63) is 47.8 Å². The standard InChI is InChI=1S/C17H15F4N3O2/c1-2-13(25)24-12-8-7-10(16(22)23)14(15(12)26-17(19,20)21)9-5-3-4-6-11(9)18/h3-8H,2H2,1H3,(H3,22,23)(H,24,25). The lowest BCUT2D eigenvalue weighted by molar-refractivity contribution is -0.274. The lowest BCUT2D eigenvalue weighted by Gasteiger charge is -2.20. The Balaban J connectivity index is 2.82. The summed E-state index contributed by atoms with van der Waals surface area (Å²) in [5, 5.41) is 9.88. The number of nitrogens with one attached hydrogen (secondary N) is 2. The molecule has 0 aliphatic heterocycles. The van der Waals surface area contributed by atoms with Crippen LogP contribution in [-0.4, -0.2) is 18.1 Å². The van der Waals surface area contributed by atoms with Crippen LogP contribution in [0.2, 0.25) is 0 Å². The van der Waals surface area contributed by atoms with Crippen LogP contribution in [0.4, 0.5) is 23.2 Å². The molecule has 0 saturated heterocycles. The fourth-order valence-electron chi connectivity index (χ4n) is 2.30. The first kappa shape index (κ1) is 19.2. The van der Waals surface area contributed by atoms with E-state index in [-0.39, 0.29) is 28.8 Å². The number of nitrogens with two attached hydrogens (primary N) is 1. The van der Waals surface area contributed by atoms with Gasteiger partial charge in [0.05, 0.1) is 5.69 Å². The summed E-state index contributed by atoms with van der Waals surface area (Å²) in [6.45, 7) is 1.52. The Labute approximate surface area is 146 Å². The molecule has 0 aromatic heterocycles. The molecular weight excluding hydrogens is 354 g/mol. The van der Waals surface area contributed by atoms with Crippen molar-refractivity contribution < 1.29 is 27.1 Å². The van der Waals surface area contributed by atoms with Gasteiger partial charge in [-0.15, -0.1) is 13.2 Å². The summed E-state index contributed by atoms with van der Waals surface area (Å²) in [6, 6.07) is 7.39. The van der Waals surface area contributed by atoms with Gasteiger partial charge in [-0.2, -0.15) is 0 Å². The summed E-state index contributed by atoms with van der Waals surface area (Å²) < 4.78 is 57.2. The minimum Gasteiger partial charge on any atom is -0.403 e. The summed E-state index contributed by atoms with van der Waals surface area (Å²) in [4.78, 5) is 11.6. The maximum atomic E-state index is 14.3. The van der Waals surface area contributed by atoms with Crippen LogP contribution in [0.25, 0.3) is 11.1 Å². The largest absolute Gasteiger partial charge is 0.573 e. The molecule has 9 heteroatoms. The Morgan fingerprint density at radius 2 is 1.88 bits per heavy atom. The second-order valence-electron chi connectivity index (χ2n) is 5.21. The lowest BCUT2D eigenvalue weighted by atomic mass is 9.96. The fraction of sp³-hybridized carbons (Fsp3) is 0.176. The molecule has 4 N–H and O–H groups in total. The van der Waals surface area contributed by atoms with Crippen LogP contribution in [0.3, 0.4) is 0 Å². The van der Waals surface area contributed by atoms with E-state index in [0.29, 0.717) is 0 Å². The highest BCUT2D eigenvalue weighted by molar-refractivity contribution is 6.05. The molecular formula is C17H15F4N3O2. The number of amides is 1. The lowest BCUT2D eigenvalue weighted by Crippen LogP contribution is -2.22. The first-order valence-electron chi connectivity index (χ1n) is 7.46. The fourth-order valence-corrected chi connectivity index (χ4v) is 2.30. The molecule has 0 radical (unpaired) electrons. The molecule has 0 heterocycles. The number of halogens is 4. The molecule has 0 unspecified atom stereocenters. The molecule has 2 aromatic rings. The van der Waals surface area contributed by atoms with E-state index in [4.69, 9.17) is 11.1 Å². The van der Waals surface area contributed by atoms with Gasteiger partial charge < -0.3 is 15.8 Å². The third-order valence-corrected chi connectivity index (χ3v) is 3.40. The highest BCUT2D eigenvalue weighted by atomic mass is 19.4. The Morgan fingerprint density at radius 3 is 2.42 bits per heavy atom. The normalized spacial score (nSPS) is 11.1. The van der Waals surface area contributed by atoms with Gasteiger partial charge in [-0.3, -0.25) is 10.2 Å². The molecule has 2 rings (SSSR count). The van der Waals surface area contributed by atoms with Crippen molar-refractivity contribution in [3.63, 3.8) is 0 Å². The number of nitrogen functional groups attached to an aromatic ring is 1. The number of benzene rings is 2. The highest BCUT2D eigenvalue weighted by Gasteiger charge is 2.35. The third-order valence-electron chi connectivity index (χ3n) is 3.40. The summed E-state index contributed by atoms with van der Waals surface area (Å²) >= 11 is 0. The molecule has 0 bridgehead atoms. The van der Waals surface area contributed by atoms with Crippen molar-refractivity contribution in [1.82, 2.24) is 0 Å². The van der Waals surface area contributed by atoms with E-state index in [0.717, 1.165) is 12.1 Å². The zero-order valence-electron chi connectivity index (χ0n) is 13.6. The number of carbonyl (C=O) groups is 1. The van der Waals surface area contributed by atoms with Gasteiger partial charge in [-0.25, -0.2) is 4.39 Å². The predicted molar refractivity (Wildman–Crippen MR) is 88.5 cm³/mol. The van der Waals surface area contributed by atoms with E-state index in [9.17, 15) is 22.4 Å². The number of carbonyl (C=O) groups excluding carboxylic acids is 1. The van der Waals surface area contributed by atoms with Gasteiger partial charge >= 0.3 is 6.36 Å². The van der Waals surface area contributed by atoms with Crippen molar-refractivity contribution in [3.8, 4) is 16.9 Å². The second-order valence-corrected chi connectivity index (χ2v) is 5.21. The van der Waals surface area contributed by atoms with Crippen molar-refractivity contribution in [2.24, 2.45) is 5.73 Å². The van der Waals surface area contributed by atoms with Crippen LogP contribution in [0.15, 0.2) is 36.4 Å². The SMILES string of the molecule is CCC(=O)Nc1ccc(C(=N)N)c(-c2ccccc2F)c1OC(F)(F)F. The molecule has 138 valence electrons. The van der Waals surface area contributed by atoms with Gasteiger partial charge in [-0.05, 0) is 18.2 Å². The van der Waals surface area contributed by atoms with Crippen molar-refractivity contribution in [2.75, 3.05) is 5.32 Å². The van der Waals surface area contributed by atoms with E-state index in [1.807, 2.05) is 0 Å². The predicted octanol–water partition coefficient (Wildman–Crippen LogP) is 4.02. The zero-order valence-corrected chi connectivity index (χ0v) is 13.6. The third kappa shape index (κ3) is 4.29. The zero-order chi connectivity index (χ0) is 19.5. The smallest absolute Gasteiger partial charge is 0.403 e. The Morgan fingerprint density at radius 1 is 1.23 bits per heavy atom. The van der Waals surface area contributed by atoms with Crippen LogP contribution in [-0.2, 0) is 4.79 Å². The highest BCUT2D eigenvalue weighted by Crippen LogP contribution is 2.43. The quantitative estimate of drug-likeness (QED) is 0.422. The molecule has 0 fully saturated rings. The van der Waals surface area contributed by atoms with Crippen LogP contribution in [0.5, 0.6) is 5.75 Å². The summed E-state index contributed by atoms with van der Waals surface area (Å²) in [5.74, 6) is -2.81. The van der Waals surface area contributed by atoms with Crippen molar-refractivity contribution in [1.29, 1.82) is 5.41 Å². The average molecular weight is 369 g/mol. The Bertz CT molecular complexity index is 850. The van der Waals surface area contributed by atoms with E-state index < -0.39 is 29.7 Å². The van der Waals surface area contributed by atoms with Crippen LogP contribution >= 0.6 is 0 Å². The Kier molecular flexibility index (Phi) is 5.49. The molecule has 26 heavy (non-hydrogen) atoms. The first-order chi connectivity index (χ1) is 12.1. The van der Waals surface area contributed by atoms with E-state index in [1.54, 1.807) is 0 Å². The van der Waals surface area contributed by atoms with E-state index >= 15 is 0 Å². The van der Waals surface area contributed by atoms with Crippen molar-refractivity contribution in [2.45, 2.75) is 19.7 Å².